The smallest absolute Gasteiger partial charge is 0.220 e. The fraction of sp³-hybridized carbons (Fsp3) is 0.412. The van der Waals surface area contributed by atoms with Crippen molar-refractivity contribution in [3.8, 4) is 11.3 Å². The van der Waals surface area contributed by atoms with Crippen LogP contribution >= 0.6 is 0 Å². The van der Waals surface area contributed by atoms with Gasteiger partial charge in [-0.3, -0.25) is 4.79 Å². The monoisotopic (exact) mass is 301 g/mol. The fourth-order valence-electron chi connectivity index (χ4n) is 2.08. The van der Waals surface area contributed by atoms with Crippen molar-refractivity contribution in [1.82, 2.24) is 10.3 Å². The van der Waals surface area contributed by atoms with E-state index in [2.05, 4.69) is 10.3 Å². The molecule has 5 nitrogen and oxygen atoms in total. The molecule has 0 atom stereocenters. The normalized spacial score (nSPS) is 10.6. The average molecular weight is 301 g/mol. The maximum Gasteiger partial charge on any atom is 0.220 e. The van der Waals surface area contributed by atoms with Crippen LogP contribution in [-0.2, 0) is 11.2 Å². The summed E-state index contributed by atoms with van der Waals surface area (Å²) in [6, 6.07) is 8.08. The first-order chi connectivity index (χ1) is 10.7. The highest BCUT2D eigenvalue weighted by Crippen LogP contribution is 2.21. The molecule has 0 saturated heterocycles. The lowest BCUT2D eigenvalue weighted by Crippen LogP contribution is -2.25. The van der Waals surface area contributed by atoms with Crippen molar-refractivity contribution in [2.75, 3.05) is 13.1 Å². The van der Waals surface area contributed by atoms with E-state index in [9.17, 15) is 4.79 Å². The fourth-order valence-corrected chi connectivity index (χ4v) is 2.08. The van der Waals surface area contributed by atoms with Gasteiger partial charge in [0.2, 0.25) is 5.91 Å². The summed E-state index contributed by atoms with van der Waals surface area (Å²) in [4.78, 5) is 15.9. The number of aryl methyl sites for hydroxylation is 2. The quantitative estimate of drug-likeness (QED) is 0.734. The molecule has 0 aliphatic carbocycles. The van der Waals surface area contributed by atoms with Crippen LogP contribution in [0.1, 0.15) is 30.7 Å². The van der Waals surface area contributed by atoms with Gasteiger partial charge in [0.25, 0.3) is 0 Å². The van der Waals surface area contributed by atoms with Crippen molar-refractivity contribution in [1.29, 1.82) is 0 Å². The Balaban J connectivity index is 1.79. The molecule has 0 unspecified atom stereocenters. The highest BCUT2D eigenvalue weighted by Gasteiger charge is 2.08. The van der Waals surface area contributed by atoms with Gasteiger partial charge in [-0.15, -0.1) is 0 Å². The van der Waals surface area contributed by atoms with E-state index in [4.69, 9.17) is 10.2 Å². The van der Waals surface area contributed by atoms with Gasteiger partial charge in [0.1, 0.15) is 0 Å². The molecule has 5 heteroatoms. The number of hydrogen-bond acceptors (Lipinski definition) is 4. The van der Waals surface area contributed by atoms with Gasteiger partial charge in [-0.25, -0.2) is 4.98 Å². The van der Waals surface area contributed by atoms with Gasteiger partial charge in [-0.2, -0.15) is 0 Å². The maximum atomic E-state index is 11.7. The third-order valence-corrected chi connectivity index (χ3v) is 3.41. The zero-order valence-electron chi connectivity index (χ0n) is 13.0. The third kappa shape index (κ3) is 5.00. The number of carbonyl (C=O) groups excluding carboxylic acids is 1. The molecule has 0 fully saturated rings. The molecule has 2 rings (SSSR count). The molecule has 22 heavy (non-hydrogen) atoms. The number of unbranched alkanes of at least 4 members (excludes halogenated alkanes) is 1. The van der Waals surface area contributed by atoms with Crippen molar-refractivity contribution >= 4 is 5.91 Å². The molecule has 0 aliphatic heterocycles. The number of hydrogen-bond donors (Lipinski definition) is 2. The Morgan fingerprint density at radius 3 is 2.77 bits per heavy atom. The summed E-state index contributed by atoms with van der Waals surface area (Å²) >= 11 is 0. The molecule has 0 spiro atoms. The lowest BCUT2D eigenvalue weighted by Gasteiger charge is -2.03. The highest BCUT2D eigenvalue weighted by molar-refractivity contribution is 5.75. The molecule has 1 aromatic carbocycles. The molecular weight excluding hydrogens is 278 g/mol. The average Bonchev–Trinajstić information content (AvgIpc) is 2.99. The van der Waals surface area contributed by atoms with Gasteiger partial charge in [0.05, 0.1) is 6.20 Å². The molecule has 0 bridgehead atoms. The minimum Gasteiger partial charge on any atom is -0.441 e. The zero-order chi connectivity index (χ0) is 15.8. The summed E-state index contributed by atoms with van der Waals surface area (Å²) in [6.45, 7) is 3.38. The topological polar surface area (TPSA) is 81.2 Å². The Bertz CT molecular complexity index is 590. The number of oxazole rings is 1. The standard InChI is InChI=1S/C17H23N3O2/c1-13-4-6-14(7-5-13)15-12-20-17(22-15)9-8-16(21)19-11-3-2-10-18/h4-7,12H,2-3,8-11,18H2,1H3,(H,19,21). The molecule has 0 radical (unpaired) electrons. The van der Waals surface area contributed by atoms with Gasteiger partial charge in [-0.05, 0) is 26.3 Å². The molecule has 1 heterocycles. The zero-order valence-corrected chi connectivity index (χ0v) is 13.0. The number of nitrogens with two attached hydrogens (primary N) is 1. The van der Waals surface area contributed by atoms with Gasteiger partial charge in [0.15, 0.2) is 11.7 Å². The maximum absolute atomic E-state index is 11.7. The molecule has 118 valence electrons. The minimum absolute atomic E-state index is 0.0205. The summed E-state index contributed by atoms with van der Waals surface area (Å²) in [5.74, 6) is 1.35. The van der Waals surface area contributed by atoms with E-state index in [1.165, 1.54) is 5.56 Å². The summed E-state index contributed by atoms with van der Waals surface area (Å²) in [7, 11) is 0. The molecule has 0 aliphatic rings. The highest BCUT2D eigenvalue weighted by atomic mass is 16.4. The molecule has 1 aromatic heterocycles. The molecular formula is C17H23N3O2. The van der Waals surface area contributed by atoms with Crippen LogP contribution in [-0.4, -0.2) is 24.0 Å². The largest absolute Gasteiger partial charge is 0.441 e. The van der Waals surface area contributed by atoms with Crippen LogP contribution in [0.2, 0.25) is 0 Å². The van der Waals surface area contributed by atoms with Crippen LogP contribution in [0.25, 0.3) is 11.3 Å². The Kier molecular flexibility index (Phi) is 6.15. The second kappa shape index (κ2) is 8.34. The predicted molar refractivity (Wildman–Crippen MR) is 86.3 cm³/mol. The van der Waals surface area contributed by atoms with Crippen LogP contribution in [0.5, 0.6) is 0 Å². The molecule has 1 amide bonds. The summed E-state index contributed by atoms with van der Waals surface area (Å²) in [5.41, 5.74) is 7.60. The van der Waals surface area contributed by atoms with Crippen molar-refractivity contribution in [2.45, 2.75) is 32.6 Å². The van der Waals surface area contributed by atoms with Gasteiger partial charge in [-0.1, -0.05) is 29.8 Å². The number of amides is 1. The van der Waals surface area contributed by atoms with Crippen LogP contribution in [0.15, 0.2) is 34.9 Å². The van der Waals surface area contributed by atoms with E-state index in [-0.39, 0.29) is 5.91 Å². The second-order valence-corrected chi connectivity index (χ2v) is 5.33. The van der Waals surface area contributed by atoms with Crippen molar-refractivity contribution < 1.29 is 9.21 Å². The van der Waals surface area contributed by atoms with E-state index in [0.29, 0.717) is 31.8 Å². The van der Waals surface area contributed by atoms with Crippen molar-refractivity contribution in [3.63, 3.8) is 0 Å². The third-order valence-electron chi connectivity index (χ3n) is 3.41. The second-order valence-electron chi connectivity index (χ2n) is 5.33. The number of carbonyl (C=O) groups is 1. The number of benzene rings is 1. The number of rotatable bonds is 8. The van der Waals surface area contributed by atoms with Gasteiger partial charge >= 0.3 is 0 Å². The van der Waals surface area contributed by atoms with Crippen LogP contribution in [0.3, 0.4) is 0 Å². The number of aromatic nitrogens is 1. The van der Waals surface area contributed by atoms with Crippen molar-refractivity contribution in [2.24, 2.45) is 5.73 Å². The van der Waals surface area contributed by atoms with Crippen LogP contribution in [0, 0.1) is 6.92 Å². The Morgan fingerprint density at radius 2 is 2.05 bits per heavy atom. The summed E-state index contributed by atoms with van der Waals surface area (Å²) in [6.07, 6.45) is 4.45. The van der Waals surface area contributed by atoms with E-state index in [1.54, 1.807) is 6.20 Å². The van der Waals surface area contributed by atoms with Crippen LogP contribution in [0.4, 0.5) is 0 Å². The predicted octanol–water partition coefficient (Wildman–Crippen LogP) is 2.44. The summed E-state index contributed by atoms with van der Waals surface area (Å²) in [5, 5.41) is 2.87. The Hall–Kier alpha value is -2.14. The molecule has 2 aromatic rings. The molecule has 0 saturated carbocycles. The van der Waals surface area contributed by atoms with Gasteiger partial charge < -0.3 is 15.5 Å². The van der Waals surface area contributed by atoms with Crippen LogP contribution < -0.4 is 11.1 Å². The van der Waals surface area contributed by atoms with E-state index < -0.39 is 0 Å². The first-order valence-electron chi connectivity index (χ1n) is 7.67. The first kappa shape index (κ1) is 16.2. The Labute approximate surface area is 130 Å². The first-order valence-corrected chi connectivity index (χ1v) is 7.67. The van der Waals surface area contributed by atoms with E-state index >= 15 is 0 Å². The van der Waals surface area contributed by atoms with Gasteiger partial charge in [0, 0.05) is 24.9 Å². The van der Waals surface area contributed by atoms with E-state index in [1.807, 2.05) is 31.2 Å². The Morgan fingerprint density at radius 1 is 1.27 bits per heavy atom. The number of nitrogens with zero attached hydrogens (tertiary/aromatic N) is 1. The van der Waals surface area contributed by atoms with Crippen molar-refractivity contribution in [3.05, 3.63) is 41.9 Å². The lowest BCUT2D eigenvalue weighted by molar-refractivity contribution is -0.121. The molecule has 3 N–H and O–H groups in total. The lowest BCUT2D eigenvalue weighted by atomic mass is 10.1. The minimum atomic E-state index is 0.0205. The SMILES string of the molecule is Cc1ccc(-c2cnc(CCC(=O)NCCCCN)o2)cc1. The van der Waals surface area contributed by atoms with E-state index in [0.717, 1.165) is 24.2 Å². The number of nitrogens with one attached hydrogen (secondary N) is 1. The summed E-state index contributed by atoms with van der Waals surface area (Å²) < 4.78 is 5.70.